The highest BCUT2D eigenvalue weighted by atomic mass is 35.5. The summed E-state index contributed by atoms with van der Waals surface area (Å²) in [7, 11) is -3.78. The zero-order chi connectivity index (χ0) is 29.7. The fourth-order valence-electron chi connectivity index (χ4n) is 5.15. The molecule has 0 bridgehead atoms. The summed E-state index contributed by atoms with van der Waals surface area (Å²) in [6.45, 7) is 9.40. The maximum atomic E-state index is 13.9. The molecule has 0 unspecified atom stereocenters. The van der Waals surface area contributed by atoms with Gasteiger partial charge in [-0.15, -0.1) is 12.4 Å². The largest absolute Gasteiger partial charge is 0.450 e. The molecular weight excluding hydrogens is 614 g/mol. The van der Waals surface area contributed by atoms with Crippen molar-refractivity contribution in [2.24, 2.45) is 0 Å². The Morgan fingerprint density at radius 2 is 1.72 bits per heavy atom. The Balaban J connectivity index is 0.00000423. The quantitative estimate of drug-likeness (QED) is 0.343. The molecule has 0 spiro atoms. The van der Waals surface area contributed by atoms with Crippen LogP contribution in [-0.2, 0) is 19.5 Å². The summed E-state index contributed by atoms with van der Waals surface area (Å²) >= 11 is 1.48. The lowest BCUT2D eigenvalue weighted by atomic mass is 10.2. The Labute approximate surface area is 262 Å². The molecule has 43 heavy (non-hydrogen) atoms. The lowest BCUT2D eigenvalue weighted by Gasteiger charge is -2.33. The van der Waals surface area contributed by atoms with Gasteiger partial charge >= 0.3 is 6.09 Å². The maximum absolute atomic E-state index is 13.9. The van der Waals surface area contributed by atoms with Gasteiger partial charge in [-0.2, -0.15) is 4.31 Å². The van der Waals surface area contributed by atoms with Crippen LogP contribution in [0.25, 0.3) is 10.2 Å². The number of fused-ring (bicyclic) bond motifs is 1. The monoisotopic (exact) mass is 651 g/mol. The van der Waals surface area contributed by atoms with Crippen LogP contribution in [0, 0.1) is 6.92 Å². The number of carbonyl (C=O) groups excluding carboxylic acids is 2. The number of morpholine rings is 1. The predicted molar refractivity (Wildman–Crippen MR) is 169 cm³/mol. The summed E-state index contributed by atoms with van der Waals surface area (Å²) in [4.78, 5) is 36.3. The molecule has 0 N–H and O–H groups in total. The van der Waals surface area contributed by atoms with Gasteiger partial charge in [0.15, 0.2) is 5.13 Å². The van der Waals surface area contributed by atoms with E-state index in [-0.39, 0.29) is 56.0 Å². The van der Waals surface area contributed by atoms with Gasteiger partial charge in [0.1, 0.15) is 0 Å². The fourth-order valence-corrected chi connectivity index (χ4v) is 7.64. The van der Waals surface area contributed by atoms with Crippen LogP contribution in [0.4, 0.5) is 9.93 Å². The summed E-state index contributed by atoms with van der Waals surface area (Å²) in [5.74, 6) is -0.222. The third-order valence-electron chi connectivity index (χ3n) is 7.55. The second-order valence-corrected chi connectivity index (χ2v) is 13.2. The Morgan fingerprint density at radius 1 is 1.02 bits per heavy atom. The van der Waals surface area contributed by atoms with E-state index >= 15 is 0 Å². The summed E-state index contributed by atoms with van der Waals surface area (Å²) in [6.07, 6.45) is 0.334. The number of thiazole rings is 1. The van der Waals surface area contributed by atoms with Gasteiger partial charge in [-0.3, -0.25) is 14.6 Å². The molecule has 0 atom stereocenters. The molecule has 5 rings (SSSR count). The van der Waals surface area contributed by atoms with E-state index in [1.54, 1.807) is 24.0 Å². The molecule has 1 aromatic heterocycles. The fraction of sp³-hybridized carbons (Fsp3) is 0.483. The number of halogens is 1. The third kappa shape index (κ3) is 7.65. The number of aromatic nitrogens is 1. The molecule has 3 aromatic rings. The van der Waals surface area contributed by atoms with Gasteiger partial charge < -0.3 is 14.4 Å². The Kier molecular flexibility index (Phi) is 11.4. The molecule has 2 amide bonds. The third-order valence-corrected chi connectivity index (χ3v) is 10.5. The first-order chi connectivity index (χ1) is 20.3. The van der Waals surface area contributed by atoms with E-state index in [1.165, 1.54) is 32.7 Å². The highest BCUT2D eigenvalue weighted by Gasteiger charge is 2.31. The molecule has 2 aromatic carbocycles. The van der Waals surface area contributed by atoms with Crippen LogP contribution in [0.2, 0.25) is 0 Å². The van der Waals surface area contributed by atoms with Gasteiger partial charge in [-0.05, 0) is 56.2 Å². The van der Waals surface area contributed by atoms with E-state index in [1.807, 2.05) is 25.1 Å². The van der Waals surface area contributed by atoms with Gasteiger partial charge in [0, 0.05) is 57.9 Å². The van der Waals surface area contributed by atoms with Crippen molar-refractivity contribution < 1.29 is 27.5 Å². The van der Waals surface area contributed by atoms with Crippen LogP contribution < -0.4 is 4.90 Å². The van der Waals surface area contributed by atoms with Crippen molar-refractivity contribution in [3.8, 4) is 0 Å². The van der Waals surface area contributed by atoms with Crippen molar-refractivity contribution in [2.75, 3.05) is 77.1 Å². The minimum absolute atomic E-state index is 0. The number of aryl methyl sites for hydroxylation is 1. The molecule has 234 valence electrons. The normalized spacial score (nSPS) is 16.6. The number of amides is 2. The minimum atomic E-state index is -3.78. The molecule has 2 saturated heterocycles. The van der Waals surface area contributed by atoms with E-state index in [9.17, 15) is 18.0 Å². The molecular formula is C29H38ClN5O6S2. The van der Waals surface area contributed by atoms with Crippen LogP contribution >= 0.6 is 23.7 Å². The van der Waals surface area contributed by atoms with Crippen LogP contribution in [0.15, 0.2) is 47.4 Å². The Morgan fingerprint density at radius 3 is 2.37 bits per heavy atom. The Hall–Kier alpha value is -2.81. The van der Waals surface area contributed by atoms with Crippen LogP contribution in [0.3, 0.4) is 0 Å². The number of anilines is 1. The van der Waals surface area contributed by atoms with E-state index < -0.39 is 16.1 Å². The lowest BCUT2D eigenvalue weighted by molar-refractivity contribution is 0.0376. The molecule has 2 fully saturated rings. The second kappa shape index (κ2) is 14.8. The number of ether oxygens (including phenoxy) is 2. The first kappa shape index (κ1) is 33.1. The minimum Gasteiger partial charge on any atom is -0.450 e. The van der Waals surface area contributed by atoms with Crippen molar-refractivity contribution in [2.45, 2.75) is 25.2 Å². The number of rotatable bonds is 9. The van der Waals surface area contributed by atoms with Gasteiger partial charge in [0.2, 0.25) is 10.0 Å². The van der Waals surface area contributed by atoms with Crippen molar-refractivity contribution in [1.82, 2.24) is 19.1 Å². The average Bonchev–Trinajstić information content (AvgIpc) is 3.45. The highest BCUT2D eigenvalue weighted by Crippen LogP contribution is 2.32. The van der Waals surface area contributed by atoms with Crippen molar-refractivity contribution in [3.63, 3.8) is 0 Å². The number of piperazine rings is 1. The van der Waals surface area contributed by atoms with Crippen molar-refractivity contribution in [3.05, 3.63) is 53.6 Å². The molecule has 2 aliphatic heterocycles. The molecule has 11 nitrogen and oxygen atoms in total. The predicted octanol–water partition coefficient (Wildman–Crippen LogP) is 3.86. The first-order valence-electron chi connectivity index (χ1n) is 14.3. The topological polar surface area (TPSA) is 113 Å². The number of para-hydroxylation sites is 1. The van der Waals surface area contributed by atoms with Gasteiger partial charge in [-0.1, -0.05) is 23.5 Å². The van der Waals surface area contributed by atoms with Crippen LogP contribution in [0.5, 0.6) is 0 Å². The van der Waals surface area contributed by atoms with Gasteiger partial charge in [-0.25, -0.2) is 18.2 Å². The molecule has 14 heteroatoms. The number of nitrogens with zero attached hydrogens (tertiary/aromatic N) is 5. The molecule has 3 heterocycles. The maximum Gasteiger partial charge on any atom is 0.409 e. The number of carbonyl (C=O) groups is 2. The Bertz CT molecular complexity index is 1500. The molecule has 0 aliphatic carbocycles. The zero-order valence-corrected chi connectivity index (χ0v) is 26.9. The first-order valence-corrected chi connectivity index (χ1v) is 16.5. The number of benzene rings is 2. The molecule has 2 aliphatic rings. The zero-order valence-electron chi connectivity index (χ0n) is 24.4. The molecule has 0 radical (unpaired) electrons. The standard InChI is InChI=1S/C29H37N5O6S2.ClH/c1-3-40-29(36)32-14-16-33(17-15-32)42(37,38)24-10-8-23(9-11-24)27(35)34(13-5-12-31-18-20-39-21-19-31)28-30-26-22(2)6-4-7-25(26)41-28;/h4,6-11H,3,5,12-21H2,1-2H3;1H. The van der Waals surface area contributed by atoms with E-state index in [0.717, 1.165) is 55.0 Å². The SMILES string of the molecule is CCOC(=O)N1CCN(S(=O)(=O)c2ccc(C(=O)N(CCCN3CCOCC3)c3nc4c(C)cccc4s3)cc2)CC1.Cl. The van der Waals surface area contributed by atoms with Crippen molar-refractivity contribution >= 4 is 61.1 Å². The van der Waals surface area contributed by atoms with E-state index in [0.29, 0.717) is 17.2 Å². The second-order valence-electron chi connectivity index (χ2n) is 10.3. The lowest BCUT2D eigenvalue weighted by Crippen LogP contribution is -2.50. The number of hydrogen-bond donors (Lipinski definition) is 0. The summed E-state index contributed by atoms with van der Waals surface area (Å²) < 4.78 is 39.5. The van der Waals surface area contributed by atoms with Crippen molar-refractivity contribution in [1.29, 1.82) is 0 Å². The molecule has 0 saturated carbocycles. The number of hydrogen-bond acceptors (Lipinski definition) is 9. The van der Waals surface area contributed by atoms with Gasteiger partial charge in [0.25, 0.3) is 5.91 Å². The summed E-state index contributed by atoms with van der Waals surface area (Å²) in [6, 6.07) is 12.1. The smallest absolute Gasteiger partial charge is 0.409 e. The average molecular weight is 652 g/mol. The van der Waals surface area contributed by atoms with E-state index in [4.69, 9.17) is 14.5 Å². The van der Waals surface area contributed by atoms with Crippen LogP contribution in [-0.4, -0.2) is 112 Å². The summed E-state index contributed by atoms with van der Waals surface area (Å²) in [5.41, 5.74) is 2.32. The van der Waals surface area contributed by atoms with Crippen LogP contribution in [0.1, 0.15) is 29.3 Å². The van der Waals surface area contributed by atoms with Gasteiger partial charge in [0.05, 0.1) is 34.9 Å². The van der Waals surface area contributed by atoms with E-state index in [2.05, 4.69) is 4.90 Å². The highest BCUT2D eigenvalue weighted by molar-refractivity contribution is 7.89. The number of sulfonamides is 1. The summed E-state index contributed by atoms with van der Waals surface area (Å²) in [5, 5.41) is 0.627.